The van der Waals surface area contributed by atoms with Crippen molar-refractivity contribution >= 4 is 28.8 Å². The molecule has 1 N–H and O–H groups in total. The van der Waals surface area contributed by atoms with Crippen LogP contribution in [0.15, 0.2) is 12.1 Å². The second-order valence-corrected chi connectivity index (χ2v) is 6.01. The van der Waals surface area contributed by atoms with Crippen LogP contribution in [0, 0.1) is 5.92 Å². The second-order valence-electron chi connectivity index (χ2n) is 5.21. The predicted octanol–water partition coefficient (Wildman–Crippen LogP) is 3.85. The van der Waals surface area contributed by atoms with Crippen molar-refractivity contribution < 1.29 is 9.84 Å². The normalized spacial score (nSPS) is 16.2. The van der Waals surface area contributed by atoms with Crippen molar-refractivity contribution in [2.45, 2.75) is 26.7 Å². The van der Waals surface area contributed by atoms with E-state index in [4.69, 9.17) is 28.6 Å². The highest BCUT2D eigenvalue weighted by Crippen LogP contribution is 2.36. The molecule has 0 bridgehead atoms. The summed E-state index contributed by atoms with van der Waals surface area (Å²) < 4.78 is 5.40. The van der Waals surface area contributed by atoms with Crippen LogP contribution >= 0.6 is 23.8 Å². The molecule has 1 fully saturated rings. The number of halogens is 1. The fourth-order valence-corrected chi connectivity index (χ4v) is 2.87. The highest BCUT2D eigenvalue weighted by atomic mass is 35.5. The lowest BCUT2D eigenvalue weighted by Gasteiger charge is -2.32. The summed E-state index contributed by atoms with van der Waals surface area (Å²) in [6, 6.07) is 3.48. The van der Waals surface area contributed by atoms with Gasteiger partial charge in [-0.2, -0.15) is 0 Å². The van der Waals surface area contributed by atoms with E-state index in [9.17, 15) is 5.11 Å². The molecule has 1 heterocycles. The second kappa shape index (κ2) is 6.64. The number of phenols is 1. The number of thiocarbonyl (C=S) groups is 1. The van der Waals surface area contributed by atoms with Gasteiger partial charge in [0.2, 0.25) is 0 Å². The molecule has 20 heavy (non-hydrogen) atoms. The molecule has 2 rings (SSSR count). The molecule has 0 unspecified atom stereocenters. The molecule has 5 heteroatoms. The first-order chi connectivity index (χ1) is 9.52. The van der Waals surface area contributed by atoms with Crippen LogP contribution in [0.25, 0.3) is 0 Å². The van der Waals surface area contributed by atoms with E-state index in [-0.39, 0.29) is 10.8 Å². The third-order valence-electron chi connectivity index (χ3n) is 3.65. The largest absolute Gasteiger partial charge is 0.503 e. The van der Waals surface area contributed by atoms with Crippen molar-refractivity contribution in [2.75, 3.05) is 19.7 Å². The molecule has 0 amide bonds. The highest BCUT2D eigenvalue weighted by molar-refractivity contribution is 7.80. The standard InChI is InChI=1S/C15H20ClNO2S/c1-3-19-13-9-11(8-12(16)14(13)18)15(20)17-6-4-10(2)5-7-17/h8-10,18H,3-7H2,1-2H3. The van der Waals surface area contributed by atoms with Crippen LogP contribution in [0.2, 0.25) is 5.02 Å². The third kappa shape index (κ3) is 3.36. The van der Waals surface area contributed by atoms with E-state index in [0.29, 0.717) is 12.4 Å². The number of hydrogen-bond acceptors (Lipinski definition) is 3. The number of hydrogen-bond donors (Lipinski definition) is 1. The maximum Gasteiger partial charge on any atom is 0.176 e. The van der Waals surface area contributed by atoms with Crippen LogP contribution in [-0.4, -0.2) is 34.7 Å². The van der Waals surface area contributed by atoms with Gasteiger partial charge in [0.05, 0.1) is 11.6 Å². The van der Waals surface area contributed by atoms with Gasteiger partial charge in [-0.25, -0.2) is 0 Å². The Morgan fingerprint density at radius 2 is 2.10 bits per heavy atom. The Labute approximate surface area is 130 Å². The quantitative estimate of drug-likeness (QED) is 0.859. The van der Waals surface area contributed by atoms with Crippen LogP contribution in [0.4, 0.5) is 0 Å². The van der Waals surface area contributed by atoms with Crippen molar-refractivity contribution in [2.24, 2.45) is 5.92 Å². The molecular formula is C15H20ClNO2S. The number of rotatable bonds is 3. The first kappa shape index (κ1) is 15.4. The number of likely N-dealkylation sites (tertiary alicyclic amines) is 1. The number of nitrogens with zero attached hydrogens (tertiary/aromatic N) is 1. The fourth-order valence-electron chi connectivity index (χ4n) is 2.36. The van der Waals surface area contributed by atoms with E-state index < -0.39 is 0 Å². The zero-order valence-corrected chi connectivity index (χ0v) is 13.4. The van der Waals surface area contributed by atoms with E-state index in [1.807, 2.05) is 6.92 Å². The Morgan fingerprint density at radius 1 is 1.45 bits per heavy atom. The molecule has 0 radical (unpaired) electrons. The van der Waals surface area contributed by atoms with Crippen molar-refractivity contribution in [3.63, 3.8) is 0 Å². The molecule has 0 saturated carbocycles. The Kier molecular flexibility index (Phi) is 5.11. The number of phenolic OH excluding ortho intramolecular Hbond substituents is 1. The number of aromatic hydroxyl groups is 1. The molecule has 1 aromatic rings. The predicted molar refractivity (Wildman–Crippen MR) is 86.0 cm³/mol. The van der Waals surface area contributed by atoms with Gasteiger partial charge < -0.3 is 14.7 Å². The monoisotopic (exact) mass is 313 g/mol. The van der Waals surface area contributed by atoms with Gasteiger partial charge in [-0.05, 0) is 37.8 Å². The van der Waals surface area contributed by atoms with Crippen LogP contribution in [0.3, 0.4) is 0 Å². The minimum absolute atomic E-state index is 0.0210. The van der Waals surface area contributed by atoms with Gasteiger partial charge in [0.15, 0.2) is 11.5 Å². The molecule has 3 nitrogen and oxygen atoms in total. The Hall–Kier alpha value is -1.00. The Balaban J connectivity index is 2.21. The number of piperidine rings is 1. The minimum Gasteiger partial charge on any atom is -0.503 e. The molecule has 1 saturated heterocycles. The molecular weight excluding hydrogens is 294 g/mol. The van der Waals surface area contributed by atoms with Crippen molar-refractivity contribution in [1.82, 2.24) is 4.90 Å². The summed E-state index contributed by atoms with van der Waals surface area (Å²) in [5, 5.41) is 10.1. The van der Waals surface area contributed by atoms with E-state index in [1.54, 1.807) is 12.1 Å². The average Bonchev–Trinajstić information content (AvgIpc) is 2.44. The summed E-state index contributed by atoms with van der Waals surface area (Å²) in [6.45, 7) is 6.56. The van der Waals surface area contributed by atoms with E-state index in [2.05, 4.69) is 11.8 Å². The summed E-state index contributed by atoms with van der Waals surface area (Å²) in [4.78, 5) is 2.98. The van der Waals surface area contributed by atoms with Crippen LogP contribution in [0.1, 0.15) is 32.3 Å². The van der Waals surface area contributed by atoms with E-state index in [1.165, 1.54) is 0 Å². The van der Waals surface area contributed by atoms with Crippen LogP contribution < -0.4 is 4.74 Å². The molecule has 110 valence electrons. The zero-order chi connectivity index (χ0) is 14.7. The zero-order valence-electron chi connectivity index (χ0n) is 11.9. The van der Waals surface area contributed by atoms with Crippen LogP contribution in [-0.2, 0) is 0 Å². The topological polar surface area (TPSA) is 32.7 Å². The Bertz CT molecular complexity index is 499. The maximum absolute atomic E-state index is 9.87. The number of benzene rings is 1. The fraction of sp³-hybridized carbons (Fsp3) is 0.533. The third-order valence-corrected chi connectivity index (χ3v) is 4.43. The minimum atomic E-state index is -0.0210. The smallest absolute Gasteiger partial charge is 0.176 e. The molecule has 0 aliphatic carbocycles. The summed E-state index contributed by atoms with van der Waals surface area (Å²) in [5.41, 5.74) is 0.834. The molecule has 1 aliphatic rings. The molecule has 1 aromatic carbocycles. The molecule has 0 spiro atoms. The first-order valence-corrected chi connectivity index (χ1v) is 7.76. The lowest BCUT2D eigenvalue weighted by Crippen LogP contribution is -2.37. The van der Waals surface area contributed by atoms with Gasteiger partial charge in [0, 0.05) is 18.7 Å². The van der Waals surface area contributed by atoms with Gasteiger partial charge in [-0.3, -0.25) is 0 Å². The SMILES string of the molecule is CCOc1cc(C(=S)N2CCC(C)CC2)cc(Cl)c1O. The van der Waals surface area contributed by atoms with E-state index >= 15 is 0 Å². The summed E-state index contributed by atoms with van der Waals surface area (Å²) in [6.07, 6.45) is 2.31. The maximum atomic E-state index is 9.87. The molecule has 0 aromatic heterocycles. The van der Waals surface area contributed by atoms with Gasteiger partial charge in [-0.15, -0.1) is 0 Å². The summed E-state index contributed by atoms with van der Waals surface area (Å²) in [7, 11) is 0. The summed E-state index contributed by atoms with van der Waals surface area (Å²) in [5.74, 6) is 1.13. The average molecular weight is 314 g/mol. The van der Waals surface area contributed by atoms with Gasteiger partial charge in [0.1, 0.15) is 4.99 Å². The number of ether oxygens (including phenoxy) is 1. The Morgan fingerprint density at radius 3 is 2.70 bits per heavy atom. The lowest BCUT2D eigenvalue weighted by atomic mass is 9.99. The molecule has 0 atom stereocenters. The van der Waals surface area contributed by atoms with Crippen molar-refractivity contribution in [1.29, 1.82) is 0 Å². The van der Waals surface area contributed by atoms with Gasteiger partial charge in [-0.1, -0.05) is 30.7 Å². The highest BCUT2D eigenvalue weighted by Gasteiger charge is 2.20. The van der Waals surface area contributed by atoms with Crippen LogP contribution in [0.5, 0.6) is 11.5 Å². The van der Waals surface area contributed by atoms with Gasteiger partial charge >= 0.3 is 0 Å². The van der Waals surface area contributed by atoms with Crippen molar-refractivity contribution in [3.8, 4) is 11.5 Å². The van der Waals surface area contributed by atoms with E-state index in [0.717, 1.165) is 42.4 Å². The van der Waals surface area contributed by atoms with Gasteiger partial charge in [0.25, 0.3) is 0 Å². The van der Waals surface area contributed by atoms with Crippen molar-refractivity contribution in [3.05, 3.63) is 22.7 Å². The molecule has 1 aliphatic heterocycles. The lowest BCUT2D eigenvalue weighted by molar-refractivity contribution is 0.284. The summed E-state index contributed by atoms with van der Waals surface area (Å²) >= 11 is 11.6. The first-order valence-electron chi connectivity index (χ1n) is 6.97.